The Morgan fingerprint density at radius 1 is 1.17 bits per heavy atom. The first-order valence-corrected chi connectivity index (χ1v) is 5.93. The van der Waals surface area contributed by atoms with Crippen molar-refractivity contribution >= 4 is 17.6 Å². The summed E-state index contributed by atoms with van der Waals surface area (Å²) in [5.41, 5.74) is 0.702. The molecule has 4 heteroatoms. The van der Waals surface area contributed by atoms with E-state index >= 15 is 0 Å². The quantitative estimate of drug-likeness (QED) is 0.838. The molecule has 18 heavy (non-hydrogen) atoms. The van der Waals surface area contributed by atoms with Crippen molar-refractivity contribution < 1.29 is 14.3 Å². The van der Waals surface area contributed by atoms with Crippen LogP contribution in [0.1, 0.15) is 38.1 Å². The summed E-state index contributed by atoms with van der Waals surface area (Å²) >= 11 is 0. The number of hydrogen-bond donors (Lipinski definition) is 1. The van der Waals surface area contributed by atoms with Crippen LogP contribution in [0.15, 0.2) is 24.3 Å². The zero-order valence-corrected chi connectivity index (χ0v) is 11.2. The average molecular weight is 249 g/mol. The summed E-state index contributed by atoms with van der Waals surface area (Å²) in [7, 11) is 0. The fourth-order valence-electron chi connectivity index (χ4n) is 1.22. The van der Waals surface area contributed by atoms with Crippen molar-refractivity contribution in [2.24, 2.45) is 5.41 Å². The maximum Gasteiger partial charge on any atom is 0.338 e. The molecule has 4 nitrogen and oxygen atoms in total. The van der Waals surface area contributed by atoms with Gasteiger partial charge >= 0.3 is 5.97 Å². The van der Waals surface area contributed by atoms with Gasteiger partial charge < -0.3 is 10.1 Å². The number of nitrogens with one attached hydrogen (secondary N) is 1. The van der Waals surface area contributed by atoms with Crippen molar-refractivity contribution in [3.05, 3.63) is 29.8 Å². The van der Waals surface area contributed by atoms with Gasteiger partial charge in [0, 0.05) is 11.1 Å². The molecule has 0 aliphatic heterocycles. The zero-order valence-electron chi connectivity index (χ0n) is 11.2. The summed E-state index contributed by atoms with van der Waals surface area (Å²) in [4.78, 5) is 23.2. The van der Waals surface area contributed by atoms with Gasteiger partial charge in [-0.3, -0.25) is 4.79 Å². The fourth-order valence-corrected chi connectivity index (χ4v) is 1.22. The smallest absolute Gasteiger partial charge is 0.338 e. The van der Waals surface area contributed by atoms with Gasteiger partial charge in [0.25, 0.3) is 0 Å². The van der Waals surface area contributed by atoms with Crippen LogP contribution in [0.25, 0.3) is 0 Å². The maximum atomic E-state index is 11.8. The molecule has 0 unspecified atom stereocenters. The van der Waals surface area contributed by atoms with Crippen molar-refractivity contribution in [1.82, 2.24) is 0 Å². The van der Waals surface area contributed by atoms with Crippen LogP contribution in [0, 0.1) is 5.41 Å². The molecular formula is C14H19NO3. The van der Waals surface area contributed by atoms with E-state index in [0.717, 1.165) is 0 Å². The number of ether oxygens (including phenoxy) is 1. The van der Waals surface area contributed by atoms with Crippen LogP contribution >= 0.6 is 0 Å². The normalized spacial score (nSPS) is 10.9. The highest BCUT2D eigenvalue weighted by molar-refractivity contribution is 5.95. The first-order valence-electron chi connectivity index (χ1n) is 5.93. The molecule has 0 heterocycles. The summed E-state index contributed by atoms with van der Waals surface area (Å²) < 4.78 is 4.88. The molecule has 0 fully saturated rings. The molecule has 0 aliphatic carbocycles. The van der Waals surface area contributed by atoms with E-state index in [1.54, 1.807) is 31.2 Å². The monoisotopic (exact) mass is 249 g/mol. The van der Waals surface area contributed by atoms with Crippen molar-refractivity contribution in [2.75, 3.05) is 11.9 Å². The molecule has 1 rings (SSSR count). The van der Waals surface area contributed by atoms with E-state index in [1.165, 1.54) is 0 Å². The van der Waals surface area contributed by atoms with Gasteiger partial charge in [-0.15, -0.1) is 0 Å². The minimum Gasteiger partial charge on any atom is -0.462 e. The molecule has 1 amide bonds. The second-order valence-corrected chi connectivity index (χ2v) is 5.00. The zero-order chi connectivity index (χ0) is 13.8. The third-order valence-corrected chi connectivity index (χ3v) is 2.34. The van der Waals surface area contributed by atoms with Crippen LogP contribution in [0.5, 0.6) is 0 Å². The number of esters is 1. The lowest BCUT2D eigenvalue weighted by atomic mass is 9.95. The third-order valence-electron chi connectivity index (χ3n) is 2.34. The van der Waals surface area contributed by atoms with E-state index in [-0.39, 0.29) is 11.9 Å². The number of hydrogen-bond acceptors (Lipinski definition) is 3. The molecule has 0 radical (unpaired) electrons. The SMILES string of the molecule is CCOC(=O)c1ccc(NC(=O)C(C)(C)C)cc1. The predicted octanol–water partition coefficient (Wildman–Crippen LogP) is 2.85. The Kier molecular flexibility index (Phi) is 4.48. The molecule has 0 aliphatic rings. The number of rotatable bonds is 3. The summed E-state index contributed by atoms with van der Waals surface area (Å²) in [6.07, 6.45) is 0. The minimum atomic E-state index is -0.445. The van der Waals surface area contributed by atoms with Crippen LogP contribution in [-0.2, 0) is 9.53 Å². The highest BCUT2D eigenvalue weighted by Crippen LogP contribution is 2.17. The molecule has 0 aromatic heterocycles. The van der Waals surface area contributed by atoms with Gasteiger partial charge in [-0.2, -0.15) is 0 Å². The number of benzene rings is 1. The van der Waals surface area contributed by atoms with Crippen LogP contribution in [0.3, 0.4) is 0 Å². The standard InChI is InChI=1S/C14H19NO3/c1-5-18-12(16)10-6-8-11(9-7-10)15-13(17)14(2,3)4/h6-9H,5H2,1-4H3,(H,15,17). The molecule has 1 N–H and O–H groups in total. The summed E-state index contributed by atoms with van der Waals surface area (Å²) in [6, 6.07) is 6.65. The molecule has 98 valence electrons. The number of anilines is 1. The molecule has 1 aromatic carbocycles. The van der Waals surface area contributed by atoms with E-state index in [9.17, 15) is 9.59 Å². The average Bonchev–Trinajstić information content (AvgIpc) is 2.29. The van der Waals surface area contributed by atoms with Crippen LogP contribution < -0.4 is 5.32 Å². The predicted molar refractivity (Wildman–Crippen MR) is 70.5 cm³/mol. The van der Waals surface area contributed by atoms with Gasteiger partial charge in [-0.1, -0.05) is 20.8 Å². The van der Waals surface area contributed by atoms with Gasteiger partial charge in [0.2, 0.25) is 5.91 Å². The molecule has 0 bridgehead atoms. The van der Waals surface area contributed by atoms with Crippen LogP contribution in [0.4, 0.5) is 5.69 Å². The van der Waals surface area contributed by atoms with Crippen molar-refractivity contribution in [3.8, 4) is 0 Å². The van der Waals surface area contributed by atoms with Gasteiger partial charge in [-0.25, -0.2) is 4.79 Å². The minimum absolute atomic E-state index is 0.0635. The van der Waals surface area contributed by atoms with E-state index in [1.807, 2.05) is 20.8 Å². The van der Waals surface area contributed by atoms with Gasteiger partial charge in [-0.05, 0) is 31.2 Å². The van der Waals surface area contributed by atoms with E-state index in [0.29, 0.717) is 17.9 Å². The fraction of sp³-hybridized carbons (Fsp3) is 0.429. The highest BCUT2D eigenvalue weighted by Gasteiger charge is 2.21. The summed E-state index contributed by atoms with van der Waals surface area (Å²) in [5, 5.41) is 2.79. The Bertz CT molecular complexity index is 429. The lowest BCUT2D eigenvalue weighted by molar-refractivity contribution is -0.123. The van der Waals surface area contributed by atoms with Crippen molar-refractivity contribution in [3.63, 3.8) is 0 Å². The van der Waals surface area contributed by atoms with E-state index in [4.69, 9.17) is 4.74 Å². The number of carbonyl (C=O) groups excluding carboxylic acids is 2. The first kappa shape index (κ1) is 14.2. The lowest BCUT2D eigenvalue weighted by Crippen LogP contribution is -2.27. The molecule has 0 saturated carbocycles. The molecule has 0 atom stereocenters. The summed E-state index contributed by atoms with van der Waals surface area (Å²) in [6.45, 7) is 7.64. The third kappa shape index (κ3) is 3.87. The number of carbonyl (C=O) groups is 2. The Morgan fingerprint density at radius 2 is 1.72 bits per heavy atom. The lowest BCUT2D eigenvalue weighted by Gasteiger charge is -2.17. The van der Waals surface area contributed by atoms with Gasteiger partial charge in [0.15, 0.2) is 0 Å². The second-order valence-electron chi connectivity index (χ2n) is 5.00. The molecular weight excluding hydrogens is 230 g/mol. The van der Waals surface area contributed by atoms with E-state index < -0.39 is 5.41 Å². The van der Waals surface area contributed by atoms with Crippen molar-refractivity contribution in [2.45, 2.75) is 27.7 Å². The van der Waals surface area contributed by atoms with Crippen LogP contribution in [-0.4, -0.2) is 18.5 Å². The molecule has 0 saturated heterocycles. The van der Waals surface area contributed by atoms with Gasteiger partial charge in [0.1, 0.15) is 0 Å². The molecule has 0 spiro atoms. The Labute approximate surface area is 107 Å². The molecule has 1 aromatic rings. The maximum absolute atomic E-state index is 11.8. The topological polar surface area (TPSA) is 55.4 Å². The Hall–Kier alpha value is -1.84. The van der Waals surface area contributed by atoms with Crippen LogP contribution in [0.2, 0.25) is 0 Å². The first-order chi connectivity index (χ1) is 8.34. The van der Waals surface area contributed by atoms with E-state index in [2.05, 4.69) is 5.32 Å². The summed E-state index contributed by atoms with van der Waals surface area (Å²) in [5.74, 6) is -0.419. The van der Waals surface area contributed by atoms with Gasteiger partial charge in [0.05, 0.1) is 12.2 Å². The largest absolute Gasteiger partial charge is 0.462 e. The Balaban J connectivity index is 2.72. The Morgan fingerprint density at radius 3 is 2.17 bits per heavy atom. The second kappa shape index (κ2) is 5.67. The highest BCUT2D eigenvalue weighted by atomic mass is 16.5. The number of amides is 1. The van der Waals surface area contributed by atoms with Crippen molar-refractivity contribution in [1.29, 1.82) is 0 Å².